The van der Waals surface area contributed by atoms with Gasteiger partial charge in [-0.2, -0.15) is 0 Å². The molecule has 0 aliphatic carbocycles. The number of rotatable bonds is 5. The molecule has 0 radical (unpaired) electrons. The molecule has 0 aliphatic rings. The summed E-state index contributed by atoms with van der Waals surface area (Å²) in [7, 11) is 8.31. The Labute approximate surface area is 292 Å². The molecule has 0 amide bonds. The third-order valence-corrected chi connectivity index (χ3v) is 7.22. The summed E-state index contributed by atoms with van der Waals surface area (Å²) in [6.07, 6.45) is 0. The predicted molar refractivity (Wildman–Crippen MR) is 198 cm³/mol. The first-order valence-corrected chi connectivity index (χ1v) is 15.7. The Hall–Kier alpha value is -4.68. The minimum atomic E-state index is -0.171. The van der Waals surface area contributed by atoms with Crippen LogP contribution in [0.2, 0.25) is 5.02 Å². The summed E-state index contributed by atoms with van der Waals surface area (Å²) in [4.78, 5) is 0. The van der Waals surface area contributed by atoms with Crippen molar-refractivity contribution in [1.29, 1.82) is 0 Å². The minimum Gasteiger partial charge on any atom is -0.497 e. The van der Waals surface area contributed by atoms with Crippen LogP contribution in [-0.4, -0.2) is 35.5 Å². The predicted octanol–water partition coefficient (Wildman–Crippen LogP) is 11.1. The van der Waals surface area contributed by atoms with E-state index in [2.05, 4.69) is 0 Å². The Balaban J connectivity index is 0.000000303. The van der Waals surface area contributed by atoms with Crippen molar-refractivity contribution >= 4 is 11.6 Å². The Morgan fingerprint density at radius 1 is 0.438 bits per heavy atom. The van der Waals surface area contributed by atoms with E-state index in [4.69, 9.17) is 35.3 Å². The van der Waals surface area contributed by atoms with Crippen LogP contribution in [0.3, 0.4) is 0 Å². The average Bonchev–Trinajstić information content (AvgIpc) is 3.09. The minimum absolute atomic E-state index is 0.171. The van der Waals surface area contributed by atoms with E-state index < -0.39 is 0 Å². The molecule has 5 aromatic carbocycles. The van der Waals surface area contributed by atoms with E-state index in [9.17, 15) is 4.39 Å². The molecular formula is C41H50ClFO5. The lowest BCUT2D eigenvalue weighted by Crippen LogP contribution is -1.93. The number of aryl methyl sites for hydroxylation is 5. The smallest absolute Gasteiger partial charge is 0.125 e. The van der Waals surface area contributed by atoms with Crippen LogP contribution in [0.5, 0.6) is 28.7 Å². The first kappa shape index (κ1) is 41.3. The highest BCUT2D eigenvalue weighted by Crippen LogP contribution is 2.28. The molecule has 0 saturated heterocycles. The van der Waals surface area contributed by atoms with E-state index in [1.807, 2.05) is 120 Å². The van der Waals surface area contributed by atoms with Crippen LogP contribution in [0.25, 0.3) is 0 Å². The second kappa shape index (κ2) is 22.8. The van der Waals surface area contributed by atoms with Gasteiger partial charge in [0.15, 0.2) is 0 Å². The van der Waals surface area contributed by atoms with E-state index in [0.717, 1.165) is 61.6 Å². The third kappa shape index (κ3) is 15.7. The van der Waals surface area contributed by atoms with Gasteiger partial charge in [0.25, 0.3) is 0 Å². The van der Waals surface area contributed by atoms with Crippen LogP contribution < -0.4 is 23.7 Å². The second-order valence-corrected chi connectivity index (χ2v) is 11.1. The van der Waals surface area contributed by atoms with Crippen LogP contribution in [0.4, 0.5) is 4.39 Å². The van der Waals surface area contributed by atoms with Crippen molar-refractivity contribution in [3.8, 4) is 28.7 Å². The Bertz CT molecular complexity index is 1550. The number of hydrogen-bond donors (Lipinski definition) is 0. The normalized spacial score (nSPS) is 9.35. The SMILES string of the molecule is COc1cc(C)cc(OC)c1.COc1cc(C)cc(OC)c1C.COc1ccccc1C.Cc1ccc(F)cc1.Cc1ccccc1Cl. The molecule has 5 rings (SSSR count). The lowest BCUT2D eigenvalue weighted by Gasteiger charge is -2.10. The molecule has 5 nitrogen and oxygen atoms in total. The lowest BCUT2D eigenvalue weighted by atomic mass is 10.1. The van der Waals surface area contributed by atoms with Crippen molar-refractivity contribution in [2.24, 2.45) is 0 Å². The van der Waals surface area contributed by atoms with Crippen molar-refractivity contribution in [2.75, 3.05) is 35.5 Å². The Kier molecular flexibility index (Phi) is 19.6. The summed E-state index contributed by atoms with van der Waals surface area (Å²) >= 11 is 5.71. The van der Waals surface area contributed by atoms with Gasteiger partial charge in [-0.15, -0.1) is 0 Å². The summed E-state index contributed by atoms with van der Waals surface area (Å²) in [6.45, 7) is 12.0. The number of halogens is 2. The molecule has 0 N–H and O–H groups in total. The van der Waals surface area contributed by atoms with Gasteiger partial charge in [0.1, 0.15) is 34.6 Å². The quantitative estimate of drug-likeness (QED) is 0.185. The Morgan fingerprint density at radius 3 is 1.23 bits per heavy atom. The molecule has 0 aliphatic heterocycles. The zero-order valence-corrected chi connectivity index (χ0v) is 30.9. The van der Waals surface area contributed by atoms with Crippen LogP contribution >= 0.6 is 11.6 Å². The second-order valence-electron chi connectivity index (χ2n) is 10.7. The fraction of sp³-hybridized carbons (Fsp3) is 0.268. The molecule has 0 fully saturated rings. The van der Waals surface area contributed by atoms with E-state index in [-0.39, 0.29) is 5.82 Å². The van der Waals surface area contributed by atoms with Gasteiger partial charge in [-0.25, -0.2) is 4.39 Å². The monoisotopic (exact) mass is 676 g/mol. The number of methoxy groups -OCH3 is 5. The molecule has 0 heterocycles. The van der Waals surface area contributed by atoms with Crippen molar-refractivity contribution < 1.29 is 28.1 Å². The fourth-order valence-electron chi connectivity index (χ4n) is 4.04. The van der Waals surface area contributed by atoms with Crippen molar-refractivity contribution in [3.05, 3.63) is 147 Å². The van der Waals surface area contributed by atoms with Gasteiger partial charge < -0.3 is 23.7 Å². The number of benzene rings is 5. The number of hydrogen-bond acceptors (Lipinski definition) is 5. The largest absolute Gasteiger partial charge is 0.497 e. The van der Waals surface area contributed by atoms with Gasteiger partial charge in [0, 0.05) is 16.7 Å². The Morgan fingerprint density at radius 2 is 0.875 bits per heavy atom. The molecule has 7 heteroatoms. The first-order chi connectivity index (χ1) is 22.9. The van der Waals surface area contributed by atoms with Gasteiger partial charge >= 0.3 is 0 Å². The zero-order valence-electron chi connectivity index (χ0n) is 30.1. The van der Waals surface area contributed by atoms with Crippen molar-refractivity contribution in [1.82, 2.24) is 0 Å². The van der Waals surface area contributed by atoms with Crippen molar-refractivity contribution in [3.63, 3.8) is 0 Å². The highest BCUT2D eigenvalue weighted by molar-refractivity contribution is 6.31. The molecule has 0 aromatic heterocycles. The number of ether oxygens (including phenoxy) is 5. The van der Waals surface area contributed by atoms with E-state index >= 15 is 0 Å². The molecular weight excluding hydrogens is 627 g/mol. The maximum Gasteiger partial charge on any atom is 0.125 e. The molecule has 48 heavy (non-hydrogen) atoms. The summed E-state index contributed by atoms with van der Waals surface area (Å²) < 4.78 is 37.6. The van der Waals surface area contributed by atoms with E-state index in [1.54, 1.807) is 47.7 Å². The van der Waals surface area contributed by atoms with Gasteiger partial charge in [0.2, 0.25) is 0 Å². The van der Waals surface area contributed by atoms with Crippen LogP contribution in [0.1, 0.15) is 33.4 Å². The summed E-state index contributed by atoms with van der Waals surface area (Å²) in [5.41, 5.74) is 6.74. The highest BCUT2D eigenvalue weighted by atomic mass is 35.5. The first-order valence-electron chi connectivity index (χ1n) is 15.3. The molecule has 5 aromatic rings. The summed E-state index contributed by atoms with van der Waals surface area (Å²) in [6, 6.07) is 31.9. The number of para-hydroxylation sites is 1. The molecule has 0 saturated carbocycles. The van der Waals surface area contributed by atoms with Gasteiger partial charge in [0.05, 0.1) is 35.5 Å². The molecule has 0 bridgehead atoms. The summed E-state index contributed by atoms with van der Waals surface area (Å²) in [5.74, 6) is 4.22. The standard InChI is InChI=1S/C10H14O2.C9H12O2.C8H10O.C7H7Cl.C7H7F/c1-7-5-9(11-3)8(2)10(6-7)12-4;1-7-4-8(10-2)6-9(5-7)11-3;1-7-5-3-4-6-8(7)9-2;1-6-4-2-3-5-7(6)8;1-6-2-4-7(8)5-3-6/h5-6H,1-4H3;4-6H,1-3H3;3-6H,1-2H3;2*2-5H,1H3. The maximum atomic E-state index is 12.1. The van der Waals surface area contributed by atoms with Crippen LogP contribution in [-0.2, 0) is 0 Å². The lowest BCUT2D eigenvalue weighted by molar-refractivity contribution is 0.388. The fourth-order valence-corrected chi connectivity index (χ4v) is 4.17. The molecule has 0 unspecified atom stereocenters. The summed E-state index contributed by atoms with van der Waals surface area (Å²) in [5, 5.41) is 0.840. The van der Waals surface area contributed by atoms with E-state index in [0.29, 0.717) is 0 Å². The van der Waals surface area contributed by atoms with Gasteiger partial charge in [-0.1, -0.05) is 65.7 Å². The molecule has 0 spiro atoms. The average molecular weight is 677 g/mol. The van der Waals surface area contributed by atoms with Gasteiger partial charge in [-0.3, -0.25) is 0 Å². The van der Waals surface area contributed by atoms with E-state index in [1.165, 1.54) is 17.7 Å². The van der Waals surface area contributed by atoms with Crippen molar-refractivity contribution in [2.45, 2.75) is 41.5 Å². The van der Waals surface area contributed by atoms with Gasteiger partial charge in [-0.05, 0) is 112 Å². The van der Waals surface area contributed by atoms with Crippen LogP contribution in [0.15, 0.2) is 103 Å². The van der Waals surface area contributed by atoms with Crippen LogP contribution in [0, 0.1) is 47.4 Å². The third-order valence-electron chi connectivity index (χ3n) is 6.79. The molecule has 0 atom stereocenters. The maximum absolute atomic E-state index is 12.1. The zero-order chi connectivity index (χ0) is 36.1. The highest BCUT2D eigenvalue weighted by Gasteiger charge is 2.05. The molecule has 258 valence electrons. The topological polar surface area (TPSA) is 46.2 Å².